The monoisotopic (exact) mass is 331 g/mol. The molecule has 1 aliphatic heterocycles. The summed E-state index contributed by atoms with van der Waals surface area (Å²) in [6.07, 6.45) is 1.24. The van der Waals surface area contributed by atoms with Crippen LogP contribution in [-0.2, 0) is 17.8 Å². The van der Waals surface area contributed by atoms with Crippen molar-refractivity contribution in [3.8, 4) is 0 Å². The average Bonchev–Trinajstić information content (AvgIpc) is 2.84. The highest BCUT2D eigenvalue weighted by atomic mass is 16.5. The van der Waals surface area contributed by atoms with E-state index in [4.69, 9.17) is 9.72 Å². The Morgan fingerprint density at radius 2 is 2.25 bits per heavy atom. The lowest BCUT2D eigenvalue weighted by atomic mass is 10.1. The van der Waals surface area contributed by atoms with Crippen molar-refractivity contribution in [2.24, 2.45) is 0 Å². The maximum absolute atomic E-state index is 11.3. The van der Waals surface area contributed by atoms with E-state index in [1.165, 1.54) is 0 Å². The second kappa shape index (κ2) is 6.91. The molecule has 130 valence electrons. The molecule has 24 heavy (non-hydrogen) atoms. The largest absolute Gasteiger partial charge is 0.478 e. The van der Waals surface area contributed by atoms with Gasteiger partial charge in [0.15, 0.2) is 0 Å². The van der Waals surface area contributed by atoms with Crippen LogP contribution in [0.25, 0.3) is 11.0 Å². The highest BCUT2D eigenvalue weighted by Gasteiger charge is 2.23. The molecular formula is C18H25N3O3. The Labute approximate surface area is 142 Å². The Kier molecular flexibility index (Phi) is 4.87. The number of imidazole rings is 1. The van der Waals surface area contributed by atoms with E-state index < -0.39 is 5.97 Å². The number of aromatic nitrogens is 2. The number of fused-ring (bicyclic) bond motifs is 1. The highest BCUT2D eigenvalue weighted by Crippen LogP contribution is 2.23. The van der Waals surface area contributed by atoms with Crippen LogP contribution < -0.4 is 0 Å². The molecular weight excluding hydrogens is 306 g/mol. The zero-order chi connectivity index (χ0) is 17.3. The van der Waals surface area contributed by atoms with E-state index in [1.54, 1.807) is 18.2 Å². The second-order valence-electron chi connectivity index (χ2n) is 6.59. The van der Waals surface area contributed by atoms with Crippen molar-refractivity contribution < 1.29 is 14.6 Å². The van der Waals surface area contributed by atoms with Crippen molar-refractivity contribution in [1.82, 2.24) is 14.5 Å². The van der Waals surface area contributed by atoms with Gasteiger partial charge in [-0.3, -0.25) is 4.90 Å². The summed E-state index contributed by atoms with van der Waals surface area (Å²) in [5.41, 5.74) is 2.01. The van der Waals surface area contributed by atoms with Gasteiger partial charge < -0.3 is 14.4 Å². The van der Waals surface area contributed by atoms with Crippen LogP contribution in [0.3, 0.4) is 0 Å². The van der Waals surface area contributed by atoms with Crippen molar-refractivity contribution >= 4 is 17.0 Å². The fraction of sp³-hybridized carbons (Fsp3) is 0.556. The van der Waals surface area contributed by atoms with Crippen molar-refractivity contribution in [2.75, 3.05) is 13.2 Å². The van der Waals surface area contributed by atoms with E-state index in [0.717, 1.165) is 49.5 Å². The molecule has 6 nitrogen and oxygen atoms in total. The SMILES string of the molecule is CCN(Cc1nc2ccc(C(=O)O)cc2n1C[C@@H]1CCO1)C(C)C. The van der Waals surface area contributed by atoms with E-state index in [9.17, 15) is 9.90 Å². The molecule has 0 bridgehead atoms. The molecule has 1 fully saturated rings. The Balaban J connectivity index is 2.01. The molecule has 1 N–H and O–H groups in total. The van der Waals surface area contributed by atoms with Gasteiger partial charge in [-0.25, -0.2) is 9.78 Å². The summed E-state index contributed by atoms with van der Waals surface area (Å²) >= 11 is 0. The smallest absolute Gasteiger partial charge is 0.335 e. The normalized spacial score (nSPS) is 17.6. The maximum Gasteiger partial charge on any atom is 0.335 e. The van der Waals surface area contributed by atoms with Gasteiger partial charge in [0.25, 0.3) is 0 Å². The molecule has 1 aliphatic rings. The van der Waals surface area contributed by atoms with Crippen LogP contribution in [-0.4, -0.2) is 50.8 Å². The van der Waals surface area contributed by atoms with Gasteiger partial charge in [-0.05, 0) is 45.0 Å². The zero-order valence-electron chi connectivity index (χ0n) is 14.5. The summed E-state index contributed by atoms with van der Waals surface area (Å²) in [5, 5.41) is 9.27. The van der Waals surface area contributed by atoms with E-state index in [-0.39, 0.29) is 6.10 Å². The molecule has 0 radical (unpaired) electrons. The lowest BCUT2D eigenvalue weighted by Crippen LogP contribution is -2.34. The Morgan fingerprint density at radius 1 is 1.50 bits per heavy atom. The van der Waals surface area contributed by atoms with E-state index in [2.05, 4.69) is 30.2 Å². The number of carboxylic acid groups (broad SMARTS) is 1. The number of aromatic carboxylic acids is 1. The molecule has 2 aromatic rings. The molecule has 0 spiro atoms. The van der Waals surface area contributed by atoms with Crippen molar-refractivity contribution in [1.29, 1.82) is 0 Å². The molecule has 1 saturated heterocycles. The minimum Gasteiger partial charge on any atom is -0.478 e. The Morgan fingerprint density at radius 3 is 2.79 bits per heavy atom. The molecule has 3 rings (SSSR count). The Bertz CT molecular complexity index is 734. The maximum atomic E-state index is 11.3. The lowest BCUT2D eigenvalue weighted by molar-refractivity contribution is -0.0592. The Hall–Kier alpha value is -1.92. The molecule has 2 heterocycles. The van der Waals surface area contributed by atoms with Crippen molar-refractivity contribution in [3.63, 3.8) is 0 Å². The first-order valence-electron chi connectivity index (χ1n) is 8.57. The number of ether oxygens (including phenoxy) is 1. The van der Waals surface area contributed by atoms with E-state index >= 15 is 0 Å². The van der Waals surface area contributed by atoms with Crippen LogP contribution in [0.15, 0.2) is 18.2 Å². The van der Waals surface area contributed by atoms with Gasteiger partial charge in [0.05, 0.1) is 35.8 Å². The quantitative estimate of drug-likeness (QED) is 0.845. The summed E-state index contributed by atoms with van der Waals surface area (Å²) in [6, 6.07) is 5.56. The predicted octanol–water partition coefficient (Wildman–Crippen LogP) is 2.75. The molecule has 0 amide bonds. The molecule has 1 aromatic carbocycles. The van der Waals surface area contributed by atoms with Gasteiger partial charge >= 0.3 is 5.97 Å². The minimum absolute atomic E-state index is 0.198. The standard InChI is InChI=1S/C18H25N3O3/c1-4-20(12(2)3)11-17-19-15-6-5-13(18(22)23)9-16(15)21(17)10-14-7-8-24-14/h5-6,9,12,14H,4,7-8,10-11H2,1-3H3,(H,22,23)/t14-/m0/s1. The van der Waals surface area contributed by atoms with Gasteiger partial charge in [-0.1, -0.05) is 6.92 Å². The first-order chi connectivity index (χ1) is 11.5. The van der Waals surface area contributed by atoms with Crippen LogP contribution in [0.5, 0.6) is 0 Å². The number of nitrogens with zero attached hydrogens (tertiary/aromatic N) is 3. The fourth-order valence-corrected chi connectivity index (χ4v) is 3.10. The number of hydrogen-bond acceptors (Lipinski definition) is 4. The van der Waals surface area contributed by atoms with Gasteiger partial charge in [0, 0.05) is 12.6 Å². The number of benzene rings is 1. The van der Waals surface area contributed by atoms with Gasteiger partial charge in [0.1, 0.15) is 5.82 Å². The van der Waals surface area contributed by atoms with E-state index in [1.807, 2.05) is 0 Å². The van der Waals surface area contributed by atoms with Crippen LogP contribution in [0.2, 0.25) is 0 Å². The minimum atomic E-state index is -0.913. The van der Waals surface area contributed by atoms with Crippen LogP contribution in [0, 0.1) is 0 Å². The molecule has 6 heteroatoms. The van der Waals surface area contributed by atoms with Gasteiger partial charge in [-0.2, -0.15) is 0 Å². The summed E-state index contributed by atoms with van der Waals surface area (Å²) in [6.45, 7) is 9.72. The molecule has 0 saturated carbocycles. The van der Waals surface area contributed by atoms with Crippen LogP contribution in [0.1, 0.15) is 43.4 Å². The van der Waals surface area contributed by atoms with Gasteiger partial charge in [-0.15, -0.1) is 0 Å². The van der Waals surface area contributed by atoms with Gasteiger partial charge in [0.2, 0.25) is 0 Å². The molecule has 0 unspecified atom stereocenters. The van der Waals surface area contributed by atoms with Crippen LogP contribution in [0.4, 0.5) is 0 Å². The third-order valence-corrected chi connectivity index (χ3v) is 4.73. The van der Waals surface area contributed by atoms with Crippen LogP contribution >= 0.6 is 0 Å². The third-order valence-electron chi connectivity index (χ3n) is 4.73. The number of rotatable bonds is 7. The number of carbonyl (C=O) groups is 1. The summed E-state index contributed by atoms with van der Waals surface area (Å²) in [4.78, 5) is 18.4. The summed E-state index contributed by atoms with van der Waals surface area (Å²) < 4.78 is 7.72. The number of carboxylic acids is 1. The topological polar surface area (TPSA) is 67.6 Å². The third kappa shape index (κ3) is 3.30. The molecule has 1 atom stereocenters. The first kappa shape index (κ1) is 16.9. The summed E-state index contributed by atoms with van der Waals surface area (Å²) in [5.74, 6) is 0.0575. The average molecular weight is 331 g/mol. The summed E-state index contributed by atoms with van der Waals surface area (Å²) in [7, 11) is 0. The number of hydrogen-bond donors (Lipinski definition) is 1. The fourth-order valence-electron chi connectivity index (χ4n) is 3.10. The molecule has 1 aromatic heterocycles. The lowest BCUT2D eigenvalue weighted by Gasteiger charge is -2.29. The van der Waals surface area contributed by atoms with Crippen molar-refractivity contribution in [2.45, 2.75) is 52.4 Å². The van der Waals surface area contributed by atoms with Crippen molar-refractivity contribution in [3.05, 3.63) is 29.6 Å². The highest BCUT2D eigenvalue weighted by molar-refractivity contribution is 5.92. The predicted molar refractivity (Wildman–Crippen MR) is 92.3 cm³/mol. The van der Waals surface area contributed by atoms with E-state index in [0.29, 0.717) is 11.6 Å². The second-order valence-corrected chi connectivity index (χ2v) is 6.59. The zero-order valence-corrected chi connectivity index (χ0v) is 14.5. The first-order valence-corrected chi connectivity index (χ1v) is 8.57. The molecule has 0 aliphatic carbocycles.